The van der Waals surface area contributed by atoms with Gasteiger partial charge in [0, 0.05) is 9.13 Å². The van der Waals surface area contributed by atoms with Gasteiger partial charge in [-0.3, -0.25) is 0 Å². The molecule has 19 heavy (non-hydrogen) atoms. The summed E-state index contributed by atoms with van der Waals surface area (Å²) in [5.74, 6) is 0.301. The zero-order valence-electron chi connectivity index (χ0n) is 9.84. The molecule has 3 aromatic rings. The Bertz CT molecular complexity index is 776. The van der Waals surface area contributed by atoms with Crippen LogP contribution in [0, 0.1) is 3.57 Å². The third-order valence-corrected chi connectivity index (χ3v) is 3.38. The van der Waals surface area contributed by atoms with Gasteiger partial charge in [-0.05, 0) is 46.9 Å². The Balaban J connectivity index is 2.22. The number of pyridine rings is 1. The van der Waals surface area contributed by atoms with E-state index in [1.807, 2.05) is 30.3 Å². The van der Waals surface area contributed by atoms with E-state index in [1.54, 1.807) is 0 Å². The average molecular weight is 358 g/mol. The molecular weight excluding hydrogens is 350 g/mol. The van der Waals surface area contributed by atoms with Crippen molar-refractivity contribution >= 4 is 53.0 Å². The molecule has 0 spiro atoms. The molecule has 0 atom stereocenters. The van der Waals surface area contributed by atoms with Crippen LogP contribution in [0.4, 0.5) is 5.82 Å². The number of benzene rings is 1. The first kappa shape index (κ1) is 12.3. The van der Waals surface area contributed by atoms with Crippen molar-refractivity contribution in [3.8, 4) is 11.3 Å². The van der Waals surface area contributed by atoms with Gasteiger partial charge >= 0.3 is 0 Å². The van der Waals surface area contributed by atoms with Crippen LogP contribution in [0.5, 0.6) is 0 Å². The Morgan fingerprint density at radius 1 is 1.05 bits per heavy atom. The summed E-state index contributed by atoms with van der Waals surface area (Å²) >= 11 is 2.27. The zero-order valence-corrected chi connectivity index (χ0v) is 12.0. The first-order valence-electron chi connectivity index (χ1n) is 5.59. The lowest BCUT2D eigenvalue weighted by Gasteiger charge is -2.06. The number of nitrogens with zero attached hydrogens (tertiary/aromatic N) is 3. The smallest absolute Gasteiger partial charge is 0.170 e. The molecule has 0 saturated carbocycles. The maximum Gasteiger partial charge on any atom is 0.170 e. The lowest BCUT2D eigenvalue weighted by atomic mass is 10.1. The molecule has 3 rings (SSSR count). The highest BCUT2D eigenvalue weighted by Gasteiger charge is 2.07. The highest BCUT2D eigenvalue weighted by molar-refractivity contribution is 14.1. The summed E-state index contributed by atoms with van der Waals surface area (Å²) in [6.45, 7) is 0. The minimum absolute atomic E-state index is 0.161. The van der Waals surface area contributed by atoms with Crippen molar-refractivity contribution in [2.75, 3.05) is 5.73 Å². The topological polar surface area (TPSA) is 64.7 Å². The van der Waals surface area contributed by atoms with E-state index in [9.17, 15) is 0 Å². The number of nitrogens with two attached hydrogens (primary N) is 1. The summed E-state index contributed by atoms with van der Waals surface area (Å²) < 4.78 is 1.15. The maximum atomic E-state index is 5.84. The highest BCUT2D eigenvalue weighted by atomic mass is 127. The lowest BCUT2D eigenvalue weighted by Crippen LogP contribution is -2.15. The van der Waals surface area contributed by atoms with Crippen LogP contribution in [-0.4, -0.2) is 22.8 Å². The van der Waals surface area contributed by atoms with E-state index >= 15 is 0 Å². The fourth-order valence-electron chi connectivity index (χ4n) is 1.86. The van der Waals surface area contributed by atoms with E-state index < -0.39 is 0 Å². The Morgan fingerprint density at radius 2 is 1.89 bits per heavy atom. The zero-order chi connectivity index (χ0) is 13.4. The van der Waals surface area contributed by atoms with Crippen molar-refractivity contribution in [2.45, 2.75) is 0 Å². The fourth-order valence-corrected chi connectivity index (χ4v) is 2.41. The Morgan fingerprint density at radius 3 is 2.68 bits per heavy atom. The molecule has 6 heteroatoms. The standard InChI is InChI=1S/C13H8BIN4/c14-13-18-10-5-4-9(17-11(10)12(16)19-13)7-2-1-3-8(15)6-7/h1-6H,(H2,16,18,19). The first-order valence-corrected chi connectivity index (χ1v) is 6.67. The molecule has 2 aromatic heterocycles. The van der Waals surface area contributed by atoms with Gasteiger partial charge in [-0.1, -0.05) is 12.1 Å². The quantitative estimate of drug-likeness (QED) is 0.531. The number of hydrogen-bond donors (Lipinski definition) is 1. The predicted octanol–water partition coefficient (Wildman–Crippen LogP) is 1.67. The number of rotatable bonds is 1. The predicted molar refractivity (Wildman–Crippen MR) is 85.3 cm³/mol. The van der Waals surface area contributed by atoms with Crippen molar-refractivity contribution in [1.29, 1.82) is 0 Å². The molecule has 0 unspecified atom stereocenters. The third kappa shape index (κ3) is 2.40. The summed E-state index contributed by atoms with van der Waals surface area (Å²) in [6.07, 6.45) is 0. The first-order chi connectivity index (χ1) is 9.13. The summed E-state index contributed by atoms with van der Waals surface area (Å²) in [5, 5.41) is 0. The molecule has 4 nitrogen and oxygen atoms in total. The van der Waals surface area contributed by atoms with Crippen molar-refractivity contribution in [2.24, 2.45) is 0 Å². The Kier molecular flexibility index (Phi) is 3.10. The molecule has 2 heterocycles. The molecule has 0 aliphatic heterocycles. The van der Waals surface area contributed by atoms with Crippen LogP contribution in [0.1, 0.15) is 0 Å². The maximum absolute atomic E-state index is 5.84. The van der Waals surface area contributed by atoms with Crippen LogP contribution in [0.15, 0.2) is 36.4 Å². The van der Waals surface area contributed by atoms with E-state index in [1.165, 1.54) is 0 Å². The van der Waals surface area contributed by atoms with E-state index in [4.69, 9.17) is 13.6 Å². The molecule has 2 N–H and O–H groups in total. The van der Waals surface area contributed by atoms with Crippen LogP contribution in [0.3, 0.4) is 0 Å². The normalized spacial score (nSPS) is 10.8. The number of fused-ring (bicyclic) bond motifs is 1. The van der Waals surface area contributed by atoms with Gasteiger partial charge in [0.15, 0.2) is 13.7 Å². The van der Waals surface area contributed by atoms with E-state index in [-0.39, 0.29) is 5.72 Å². The third-order valence-electron chi connectivity index (χ3n) is 2.71. The molecule has 0 fully saturated rings. The van der Waals surface area contributed by atoms with Gasteiger partial charge in [-0.2, -0.15) is 0 Å². The van der Waals surface area contributed by atoms with Crippen LogP contribution in [-0.2, 0) is 0 Å². The van der Waals surface area contributed by atoms with Crippen molar-refractivity contribution < 1.29 is 0 Å². The Hall–Kier alpha value is -1.70. The molecule has 0 aliphatic rings. The number of aromatic nitrogens is 3. The van der Waals surface area contributed by atoms with Gasteiger partial charge in [0.25, 0.3) is 0 Å². The fraction of sp³-hybridized carbons (Fsp3) is 0. The van der Waals surface area contributed by atoms with Gasteiger partial charge in [-0.15, -0.1) is 0 Å². The van der Waals surface area contributed by atoms with Gasteiger partial charge in [0.1, 0.15) is 5.52 Å². The highest BCUT2D eigenvalue weighted by Crippen LogP contribution is 2.22. The molecule has 90 valence electrons. The van der Waals surface area contributed by atoms with Crippen LogP contribution >= 0.6 is 22.6 Å². The van der Waals surface area contributed by atoms with Gasteiger partial charge in [-0.25, -0.2) is 15.0 Å². The van der Waals surface area contributed by atoms with Gasteiger partial charge in [0.05, 0.1) is 16.9 Å². The summed E-state index contributed by atoms with van der Waals surface area (Å²) in [4.78, 5) is 12.6. The second kappa shape index (κ2) is 4.77. The largest absolute Gasteiger partial charge is 0.382 e. The van der Waals surface area contributed by atoms with Crippen molar-refractivity contribution in [3.05, 3.63) is 40.0 Å². The second-order valence-corrected chi connectivity index (χ2v) is 5.29. The molecule has 0 aliphatic carbocycles. The second-order valence-electron chi connectivity index (χ2n) is 4.04. The lowest BCUT2D eigenvalue weighted by molar-refractivity contribution is 1.26. The van der Waals surface area contributed by atoms with Gasteiger partial charge in [0.2, 0.25) is 0 Å². The molecular formula is C13H8BIN4. The molecule has 0 amide bonds. The minimum atomic E-state index is 0.161. The number of halogens is 1. The number of anilines is 1. The van der Waals surface area contributed by atoms with Crippen molar-refractivity contribution in [3.63, 3.8) is 0 Å². The Labute approximate surface area is 125 Å². The van der Waals surface area contributed by atoms with E-state index in [0.29, 0.717) is 16.9 Å². The van der Waals surface area contributed by atoms with E-state index in [2.05, 4.69) is 43.6 Å². The minimum Gasteiger partial charge on any atom is -0.382 e. The monoisotopic (exact) mass is 358 g/mol. The summed E-state index contributed by atoms with van der Waals surface area (Å²) in [6, 6.07) is 11.8. The van der Waals surface area contributed by atoms with Crippen LogP contribution in [0.2, 0.25) is 0 Å². The average Bonchev–Trinajstić information content (AvgIpc) is 2.38. The molecule has 1 aromatic carbocycles. The van der Waals surface area contributed by atoms with Gasteiger partial charge < -0.3 is 5.73 Å². The summed E-state index contributed by atoms with van der Waals surface area (Å²) in [5.41, 5.74) is 9.10. The van der Waals surface area contributed by atoms with Crippen molar-refractivity contribution in [1.82, 2.24) is 15.0 Å². The van der Waals surface area contributed by atoms with Crippen LogP contribution in [0.25, 0.3) is 22.3 Å². The summed E-state index contributed by atoms with van der Waals surface area (Å²) in [7, 11) is 5.56. The number of nitrogen functional groups attached to an aromatic ring is 1. The number of hydrogen-bond acceptors (Lipinski definition) is 4. The molecule has 0 bridgehead atoms. The van der Waals surface area contributed by atoms with Crippen LogP contribution < -0.4 is 11.5 Å². The molecule has 2 radical (unpaired) electrons. The van der Waals surface area contributed by atoms with E-state index in [0.717, 1.165) is 14.8 Å². The SMILES string of the molecule is [B]c1nc(N)c2nc(-c3cccc(I)c3)ccc2n1. The molecule has 0 saturated heterocycles.